The summed E-state index contributed by atoms with van der Waals surface area (Å²) in [5, 5.41) is 2.95. The number of piperazine rings is 1. The van der Waals surface area contributed by atoms with E-state index in [9.17, 15) is 9.59 Å². The molecule has 2 atom stereocenters. The third kappa shape index (κ3) is 2.13. The summed E-state index contributed by atoms with van der Waals surface area (Å²) in [6.45, 7) is 7.68. The number of carbonyl (C=O) groups is 2. The Balaban J connectivity index is 2.05. The fourth-order valence-corrected chi connectivity index (χ4v) is 3.29. The van der Waals surface area contributed by atoms with Crippen molar-refractivity contribution in [3.63, 3.8) is 0 Å². The average Bonchev–Trinajstić information content (AvgIpc) is 3.24. The van der Waals surface area contributed by atoms with Gasteiger partial charge in [-0.15, -0.1) is 0 Å². The van der Waals surface area contributed by atoms with Gasteiger partial charge in [0.05, 0.1) is 0 Å². The number of amides is 2. The number of benzene rings is 1. The van der Waals surface area contributed by atoms with Gasteiger partial charge in [0.25, 0.3) is 5.91 Å². The third-order valence-corrected chi connectivity index (χ3v) is 4.82. The quantitative estimate of drug-likeness (QED) is 0.907. The van der Waals surface area contributed by atoms with Gasteiger partial charge in [0, 0.05) is 5.69 Å². The van der Waals surface area contributed by atoms with Gasteiger partial charge in [0.1, 0.15) is 11.6 Å². The van der Waals surface area contributed by atoms with Crippen LogP contribution in [0.3, 0.4) is 0 Å². The molecule has 0 aromatic heterocycles. The van der Waals surface area contributed by atoms with Crippen LogP contribution >= 0.6 is 0 Å². The fraction of sp³-hybridized carbons (Fsp3) is 0.529. The van der Waals surface area contributed by atoms with Crippen molar-refractivity contribution in [2.24, 2.45) is 5.92 Å². The van der Waals surface area contributed by atoms with Gasteiger partial charge in [-0.2, -0.15) is 0 Å². The van der Waals surface area contributed by atoms with Crippen molar-refractivity contribution in [1.29, 1.82) is 0 Å². The molecule has 1 heterocycles. The molecule has 1 aliphatic carbocycles. The lowest BCUT2D eigenvalue weighted by Gasteiger charge is -2.44. The van der Waals surface area contributed by atoms with Gasteiger partial charge < -0.3 is 5.32 Å². The second-order valence-electron chi connectivity index (χ2n) is 6.61. The zero-order valence-corrected chi connectivity index (χ0v) is 13.1. The van der Waals surface area contributed by atoms with Crippen molar-refractivity contribution >= 4 is 17.5 Å². The average molecular weight is 286 g/mol. The lowest BCUT2D eigenvalue weighted by atomic mass is 9.89. The number of anilines is 1. The molecule has 1 saturated heterocycles. The summed E-state index contributed by atoms with van der Waals surface area (Å²) in [5.74, 6) is 0.225. The molecule has 1 aromatic carbocycles. The predicted octanol–water partition coefficient (Wildman–Crippen LogP) is 2.32. The Labute approximate surface area is 125 Å². The number of nitrogens with zero attached hydrogens (tertiary/aromatic N) is 1. The van der Waals surface area contributed by atoms with Crippen LogP contribution in [0.15, 0.2) is 18.2 Å². The molecule has 0 bridgehead atoms. The third-order valence-electron chi connectivity index (χ3n) is 4.82. The van der Waals surface area contributed by atoms with E-state index in [4.69, 9.17) is 0 Å². The number of hydrogen-bond donors (Lipinski definition) is 1. The van der Waals surface area contributed by atoms with Crippen LogP contribution in [-0.4, -0.2) is 23.4 Å². The standard InChI is InChI=1S/C17H22N2O2/c1-10-5-8-14(11(2)9-10)19-12(3)15(20)18-17(4,16(19)21)13-6-7-13/h5,8-9,12-13H,6-7H2,1-4H3,(H,18,20). The first-order chi connectivity index (χ1) is 9.84. The molecule has 2 aliphatic rings. The largest absolute Gasteiger partial charge is 0.340 e. The summed E-state index contributed by atoms with van der Waals surface area (Å²) in [6.07, 6.45) is 2.02. The lowest BCUT2D eigenvalue weighted by Crippen LogP contribution is -2.70. The number of nitrogens with one attached hydrogen (secondary N) is 1. The number of aryl methyl sites for hydroxylation is 2. The first-order valence-corrected chi connectivity index (χ1v) is 7.57. The number of hydrogen-bond acceptors (Lipinski definition) is 2. The van der Waals surface area contributed by atoms with Crippen molar-refractivity contribution in [1.82, 2.24) is 5.32 Å². The van der Waals surface area contributed by atoms with Gasteiger partial charge in [0.15, 0.2) is 0 Å². The minimum atomic E-state index is -0.749. The highest BCUT2D eigenvalue weighted by Crippen LogP contribution is 2.43. The molecule has 3 rings (SSSR count). The maximum Gasteiger partial charge on any atom is 0.253 e. The van der Waals surface area contributed by atoms with Crippen LogP contribution in [0, 0.1) is 19.8 Å². The lowest BCUT2D eigenvalue weighted by molar-refractivity contribution is -0.138. The van der Waals surface area contributed by atoms with Crippen molar-refractivity contribution in [2.75, 3.05) is 4.90 Å². The topological polar surface area (TPSA) is 49.4 Å². The van der Waals surface area contributed by atoms with E-state index < -0.39 is 11.6 Å². The zero-order valence-electron chi connectivity index (χ0n) is 13.1. The minimum Gasteiger partial charge on any atom is -0.340 e. The molecule has 0 radical (unpaired) electrons. The van der Waals surface area contributed by atoms with E-state index in [-0.39, 0.29) is 17.7 Å². The van der Waals surface area contributed by atoms with Gasteiger partial charge in [-0.05, 0) is 58.1 Å². The summed E-state index contributed by atoms with van der Waals surface area (Å²) in [4.78, 5) is 27.1. The molecule has 4 nitrogen and oxygen atoms in total. The SMILES string of the molecule is Cc1ccc(N2C(=O)C(C)(C3CC3)NC(=O)C2C)c(C)c1. The van der Waals surface area contributed by atoms with Crippen molar-refractivity contribution < 1.29 is 9.59 Å². The minimum absolute atomic E-state index is 0.0176. The molecule has 1 aliphatic heterocycles. The van der Waals surface area contributed by atoms with Gasteiger partial charge in [-0.25, -0.2) is 0 Å². The highest BCUT2D eigenvalue weighted by atomic mass is 16.2. The summed E-state index contributed by atoms with van der Waals surface area (Å²) < 4.78 is 0. The Kier molecular flexibility index (Phi) is 3.08. The van der Waals surface area contributed by atoms with E-state index in [0.717, 1.165) is 29.7 Å². The first-order valence-electron chi connectivity index (χ1n) is 7.57. The number of carbonyl (C=O) groups excluding carboxylic acids is 2. The molecule has 0 spiro atoms. The second-order valence-corrected chi connectivity index (χ2v) is 6.61. The molecule has 2 amide bonds. The summed E-state index contributed by atoms with van der Waals surface area (Å²) in [7, 11) is 0. The predicted molar refractivity (Wildman–Crippen MR) is 82.1 cm³/mol. The maximum atomic E-state index is 13.0. The Bertz CT molecular complexity index is 621. The molecule has 112 valence electrons. The normalized spacial score (nSPS) is 29.5. The van der Waals surface area contributed by atoms with Crippen molar-refractivity contribution in [2.45, 2.75) is 52.1 Å². The molecule has 21 heavy (non-hydrogen) atoms. The Morgan fingerprint density at radius 3 is 2.48 bits per heavy atom. The summed E-state index contributed by atoms with van der Waals surface area (Å²) >= 11 is 0. The highest BCUT2D eigenvalue weighted by molar-refractivity contribution is 6.11. The van der Waals surface area contributed by atoms with Crippen LogP contribution in [-0.2, 0) is 9.59 Å². The van der Waals surface area contributed by atoms with Crippen molar-refractivity contribution in [3.05, 3.63) is 29.3 Å². The van der Waals surface area contributed by atoms with E-state index in [1.165, 1.54) is 0 Å². The van der Waals surface area contributed by atoms with E-state index in [2.05, 4.69) is 11.4 Å². The van der Waals surface area contributed by atoms with E-state index in [1.807, 2.05) is 32.9 Å². The molecule has 1 saturated carbocycles. The maximum absolute atomic E-state index is 13.0. The smallest absolute Gasteiger partial charge is 0.253 e. The number of rotatable bonds is 2. The Morgan fingerprint density at radius 1 is 1.24 bits per heavy atom. The Hall–Kier alpha value is -1.84. The molecule has 4 heteroatoms. The highest BCUT2D eigenvalue weighted by Gasteiger charge is 2.54. The van der Waals surface area contributed by atoms with Crippen LogP contribution in [0.1, 0.15) is 37.8 Å². The molecule has 1 N–H and O–H groups in total. The van der Waals surface area contributed by atoms with Crippen LogP contribution < -0.4 is 10.2 Å². The molecule has 1 aromatic rings. The fourth-order valence-electron chi connectivity index (χ4n) is 3.29. The van der Waals surface area contributed by atoms with Crippen molar-refractivity contribution in [3.8, 4) is 0 Å². The second kappa shape index (κ2) is 4.58. The van der Waals surface area contributed by atoms with Crippen LogP contribution in [0.5, 0.6) is 0 Å². The molecule has 2 unspecified atom stereocenters. The van der Waals surface area contributed by atoms with E-state index >= 15 is 0 Å². The van der Waals surface area contributed by atoms with Gasteiger partial charge in [-0.1, -0.05) is 17.7 Å². The summed E-state index contributed by atoms with van der Waals surface area (Å²) in [5.41, 5.74) is 2.28. The zero-order chi connectivity index (χ0) is 15.4. The van der Waals surface area contributed by atoms with Gasteiger partial charge in [-0.3, -0.25) is 14.5 Å². The van der Waals surface area contributed by atoms with Gasteiger partial charge in [0.2, 0.25) is 5.91 Å². The first kappa shape index (κ1) is 14.1. The van der Waals surface area contributed by atoms with Crippen LogP contribution in [0.2, 0.25) is 0 Å². The monoisotopic (exact) mass is 286 g/mol. The van der Waals surface area contributed by atoms with E-state index in [1.54, 1.807) is 11.8 Å². The molecular weight excluding hydrogens is 264 g/mol. The summed E-state index contributed by atoms with van der Waals surface area (Å²) in [6, 6.07) is 5.52. The Morgan fingerprint density at radius 2 is 1.90 bits per heavy atom. The molecular formula is C17H22N2O2. The van der Waals surface area contributed by atoms with E-state index in [0.29, 0.717) is 0 Å². The molecule has 2 fully saturated rings. The van der Waals surface area contributed by atoms with Crippen LogP contribution in [0.25, 0.3) is 0 Å². The van der Waals surface area contributed by atoms with Gasteiger partial charge >= 0.3 is 0 Å². The van der Waals surface area contributed by atoms with Crippen LogP contribution in [0.4, 0.5) is 5.69 Å².